The summed E-state index contributed by atoms with van der Waals surface area (Å²) in [5, 5.41) is 2.76. The summed E-state index contributed by atoms with van der Waals surface area (Å²) in [7, 11) is 0. The molecule has 2 aromatic rings. The topological polar surface area (TPSA) is 79.8 Å². The van der Waals surface area contributed by atoms with Crippen molar-refractivity contribution in [2.24, 2.45) is 0 Å². The van der Waals surface area contributed by atoms with E-state index in [1.54, 1.807) is 19.4 Å². The molecule has 0 saturated heterocycles. The van der Waals surface area contributed by atoms with Crippen LogP contribution in [-0.4, -0.2) is 27.0 Å². The minimum atomic E-state index is -0.325. The van der Waals surface area contributed by atoms with Crippen LogP contribution in [0.1, 0.15) is 28.9 Å². The Morgan fingerprint density at radius 3 is 3.00 bits per heavy atom. The molecule has 20 heavy (non-hydrogen) atoms. The van der Waals surface area contributed by atoms with Crippen molar-refractivity contribution in [2.45, 2.75) is 26.3 Å². The van der Waals surface area contributed by atoms with Crippen LogP contribution in [-0.2, 0) is 6.54 Å². The maximum Gasteiger partial charge on any atom is 0.256 e. The minimum absolute atomic E-state index is 0.158. The third kappa shape index (κ3) is 3.81. The smallest absolute Gasteiger partial charge is 0.256 e. The average Bonchev–Trinajstić information content (AvgIpc) is 2.91. The summed E-state index contributed by atoms with van der Waals surface area (Å²) in [5.74, 6) is -0.325. The molecule has 0 atom stereocenters. The Morgan fingerprint density at radius 2 is 2.30 bits per heavy atom. The maximum atomic E-state index is 11.8. The van der Waals surface area contributed by atoms with Gasteiger partial charge >= 0.3 is 0 Å². The predicted octanol–water partition coefficient (Wildman–Crippen LogP) is 1.09. The van der Waals surface area contributed by atoms with Crippen molar-refractivity contribution < 1.29 is 4.79 Å². The lowest BCUT2D eigenvalue weighted by Gasteiger charge is -2.05. The molecule has 0 aromatic carbocycles. The standard InChI is InChI=1S/C14H18N4O2/c1-11-8-13(19)12(9-17-11)14(20)16-4-2-3-6-18-7-5-15-10-18/h5,7-10H,2-4,6H2,1H3,(H,16,20)(H,17,19). The number of aromatic amines is 1. The van der Waals surface area contributed by atoms with Gasteiger partial charge in [-0.2, -0.15) is 0 Å². The van der Waals surface area contributed by atoms with Crippen LogP contribution in [0.4, 0.5) is 0 Å². The molecular formula is C14H18N4O2. The largest absolute Gasteiger partial charge is 0.364 e. The van der Waals surface area contributed by atoms with Gasteiger partial charge in [-0.05, 0) is 19.8 Å². The van der Waals surface area contributed by atoms with Crippen LogP contribution in [0.25, 0.3) is 0 Å². The fourth-order valence-corrected chi connectivity index (χ4v) is 1.89. The number of amides is 1. The molecule has 0 saturated carbocycles. The van der Waals surface area contributed by atoms with Gasteiger partial charge in [-0.25, -0.2) is 4.98 Å². The Morgan fingerprint density at radius 1 is 1.45 bits per heavy atom. The zero-order chi connectivity index (χ0) is 14.4. The van der Waals surface area contributed by atoms with Crippen molar-refractivity contribution in [3.05, 3.63) is 52.5 Å². The molecule has 0 unspecified atom stereocenters. The first-order valence-corrected chi connectivity index (χ1v) is 6.60. The monoisotopic (exact) mass is 274 g/mol. The van der Waals surface area contributed by atoms with Crippen LogP contribution >= 0.6 is 0 Å². The van der Waals surface area contributed by atoms with E-state index in [4.69, 9.17) is 0 Å². The number of imidazole rings is 1. The number of carbonyl (C=O) groups excluding carboxylic acids is 1. The van der Waals surface area contributed by atoms with E-state index in [-0.39, 0.29) is 16.9 Å². The molecule has 6 nitrogen and oxygen atoms in total. The van der Waals surface area contributed by atoms with Crippen molar-refractivity contribution in [1.82, 2.24) is 19.9 Å². The van der Waals surface area contributed by atoms with Crippen LogP contribution in [0, 0.1) is 6.92 Å². The number of aryl methyl sites for hydroxylation is 2. The molecule has 106 valence electrons. The first kappa shape index (κ1) is 14.0. The molecule has 0 aliphatic rings. The molecule has 6 heteroatoms. The van der Waals surface area contributed by atoms with Crippen molar-refractivity contribution in [3.8, 4) is 0 Å². The van der Waals surface area contributed by atoms with Gasteiger partial charge < -0.3 is 14.9 Å². The molecule has 0 fully saturated rings. The molecule has 2 heterocycles. The van der Waals surface area contributed by atoms with E-state index in [0.717, 1.165) is 25.1 Å². The third-order valence-corrected chi connectivity index (χ3v) is 2.99. The number of aromatic nitrogens is 3. The van der Waals surface area contributed by atoms with Gasteiger partial charge in [0, 0.05) is 43.4 Å². The highest BCUT2D eigenvalue weighted by Crippen LogP contribution is 1.96. The number of nitrogens with one attached hydrogen (secondary N) is 2. The first-order chi connectivity index (χ1) is 9.66. The van der Waals surface area contributed by atoms with Gasteiger partial charge in [0.05, 0.1) is 6.33 Å². The van der Waals surface area contributed by atoms with E-state index < -0.39 is 0 Å². The summed E-state index contributed by atoms with van der Waals surface area (Å²) < 4.78 is 1.99. The maximum absolute atomic E-state index is 11.8. The first-order valence-electron chi connectivity index (χ1n) is 6.60. The van der Waals surface area contributed by atoms with Gasteiger partial charge in [0.2, 0.25) is 0 Å². The Kier molecular flexibility index (Phi) is 4.70. The second-order valence-electron chi connectivity index (χ2n) is 4.66. The van der Waals surface area contributed by atoms with E-state index in [2.05, 4.69) is 15.3 Å². The van der Waals surface area contributed by atoms with Crippen molar-refractivity contribution in [3.63, 3.8) is 0 Å². The van der Waals surface area contributed by atoms with Crippen LogP contribution in [0.5, 0.6) is 0 Å². The van der Waals surface area contributed by atoms with Crippen molar-refractivity contribution in [1.29, 1.82) is 0 Å². The van der Waals surface area contributed by atoms with Gasteiger partial charge in [0.15, 0.2) is 5.43 Å². The number of hydrogen-bond acceptors (Lipinski definition) is 3. The Balaban J connectivity index is 1.73. The molecule has 2 N–H and O–H groups in total. The lowest BCUT2D eigenvalue weighted by atomic mass is 10.2. The normalized spacial score (nSPS) is 10.4. The van der Waals surface area contributed by atoms with Crippen LogP contribution < -0.4 is 10.7 Å². The predicted molar refractivity (Wildman–Crippen MR) is 75.6 cm³/mol. The fourth-order valence-electron chi connectivity index (χ4n) is 1.89. The summed E-state index contributed by atoms with van der Waals surface area (Å²) in [6, 6.07) is 1.42. The van der Waals surface area contributed by atoms with Gasteiger partial charge in [0.25, 0.3) is 5.91 Å². The summed E-state index contributed by atoms with van der Waals surface area (Å²) >= 11 is 0. The number of carbonyl (C=O) groups is 1. The third-order valence-electron chi connectivity index (χ3n) is 2.99. The van der Waals surface area contributed by atoms with Crippen LogP contribution in [0.2, 0.25) is 0 Å². The Bertz CT molecular complexity index is 616. The average molecular weight is 274 g/mol. The SMILES string of the molecule is Cc1cc(=O)c(C(=O)NCCCCn2ccnc2)c[nH]1. The van der Waals surface area contributed by atoms with E-state index >= 15 is 0 Å². The second-order valence-corrected chi connectivity index (χ2v) is 4.66. The number of rotatable bonds is 6. The summed E-state index contributed by atoms with van der Waals surface area (Å²) in [6.45, 7) is 3.21. The molecule has 2 rings (SSSR count). The molecule has 1 amide bonds. The quantitative estimate of drug-likeness (QED) is 0.774. The zero-order valence-electron chi connectivity index (χ0n) is 11.4. The number of H-pyrrole nitrogens is 1. The lowest BCUT2D eigenvalue weighted by Crippen LogP contribution is -2.29. The molecule has 2 aromatic heterocycles. The molecule has 0 aliphatic carbocycles. The second kappa shape index (κ2) is 6.70. The highest BCUT2D eigenvalue weighted by atomic mass is 16.2. The molecule has 0 spiro atoms. The van der Waals surface area contributed by atoms with Crippen LogP contribution in [0.3, 0.4) is 0 Å². The van der Waals surface area contributed by atoms with Crippen molar-refractivity contribution in [2.75, 3.05) is 6.54 Å². The van der Waals surface area contributed by atoms with E-state index in [1.165, 1.54) is 12.3 Å². The van der Waals surface area contributed by atoms with E-state index in [9.17, 15) is 9.59 Å². The number of nitrogens with zero attached hydrogens (tertiary/aromatic N) is 2. The van der Waals surface area contributed by atoms with Crippen LogP contribution in [0.15, 0.2) is 35.8 Å². The van der Waals surface area contributed by atoms with Gasteiger partial charge in [-0.3, -0.25) is 9.59 Å². The summed E-state index contributed by atoms with van der Waals surface area (Å²) in [6.07, 6.45) is 8.67. The molecule has 0 radical (unpaired) electrons. The highest BCUT2D eigenvalue weighted by Gasteiger charge is 2.09. The molecule has 0 bridgehead atoms. The molecular weight excluding hydrogens is 256 g/mol. The highest BCUT2D eigenvalue weighted by molar-refractivity contribution is 5.93. The van der Waals surface area contributed by atoms with E-state index in [0.29, 0.717) is 6.54 Å². The van der Waals surface area contributed by atoms with Gasteiger partial charge in [-0.1, -0.05) is 0 Å². The van der Waals surface area contributed by atoms with Gasteiger partial charge in [0.1, 0.15) is 5.56 Å². The Labute approximate surface area is 116 Å². The Hall–Kier alpha value is -2.37. The fraction of sp³-hybridized carbons (Fsp3) is 0.357. The number of unbranched alkanes of at least 4 members (excludes halogenated alkanes) is 1. The summed E-state index contributed by atoms with van der Waals surface area (Å²) in [5.41, 5.74) is 0.647. The van der Waals surface area contributed by atoms with Gasteiger partial charge in [-0.15, -0.1) is 0 Å². The zero-order valence-corrected chi connectivity index (χ0v) is 11.4. The lowest BCUT2D eigenvalue weighted by molar-refractivity contribution is 0.0951. The minimum Gasteiger partial charge on any atom is -0.364 e. The number of pyridine rings is 1. The summed E-state index contributed by atoms with van der Waals surface area (Å²) in [4.78, 5) is 30.3. The van der Waals surface area contributed by atoms with Crippen molar-refractivity contribution >= 4 is 5.91 Å². The number of hydrogen-bond donors (Lipinski definition) is 2. The molecule has 0 aliphatic heterocycles. The van der Waals surface area contributed by atoms with E-state index in [1.807, 2.05) is 10.8 Å².